The van der Waals surface area contributed by atoms with Gasteiger partial charge in [-0.1, -0.05) is 72.8 Å². The van der Waals surface area contributed by atoms with E-state index in [0.29, 0.717) is 38.3 Å². The Morgan fingerprint density at radius 2 is 1.56 bits per heavy atom. The van der Waals surface area contributed by atoms with E-state index < -0.39 is 5.56 Å². The zero-order valence-corrected chi connectivity index (χ0v) is 21.5. The predicted molar refractivity (Wildman–Crippen MR) is 155 cm³/mol. The third kappa shape index (κ3) is 4.89. The van der Waals surface area contributed by atoms with Gasteiger partial charge >= 0.3 is 0 Å². The fourth-order valence-corrected chi connectivity index (χ4v) is 5.39. The minimum absolute atomic E-state index is 0.00825. The van der Waals surface area contributed by atoms with Crippen LogP contribution in [0.15, 0.2) is 114 Å². The SMILES string of the molecule is O=C(c1cccc2ccccc12)N1CCN(CCn2cccc(O)c2=O)c2ccc(-c3ccccc3)cc2C1. The van der Waals surface area contributed by atoms with Crippen molar-refractivity contribution in [3.05, 3.63) is 131 Å². The Morgan fingerprint density at radius 3 is 2.44 bits per heavy atom. The van der Waals surface area contributed by atoms with E-state index in [-0.39, 0.29) is 11.7 Å². The summed E-state index contributed by atoms with van der Waals surface area (Å²) in [6, 6.07) is 33.6. The molecular formula is C33H29N3O3. The van der Waals surface area contributed by atoms with Gasteiger partial charge in [0.15, 0.2) is 5.75 Å². The number of hydrogen-bond acceptors (Lipinski definition) is 4. The summed E-state index contributed by atoms with van der Waals surface area (Å²) in [5.41, 5.74) is 4.63. The number of rotatable bonds is 5. The van der Waals surface area contributed by atoms with Crippen LogP contribution in [0.5, 0.6) is 5.75 Å². The molecule has 5 aromatic rings. The number of aromatic hydroxyl groups is 1. The average Bonchev–Trinajstić information content (AvgIpc) is 3.16. The first-order valence-electron chi connectivity index (χ1n) is 13.2. The van der Waals surface area contributed by atoms with Gasteiger partial charge in [0.25, 0.3) is 11.5 Å². The lowest BCUT2D eigenvalue weighted by atomic mass is 10.0. The van der Waals surface area contributed by atoms with Crippen molar-refractivity contribution in [3.63, 3.8) is 0 Å². The van der Waals surface area contributed by atoms with Crippen LogP contribution in [-0.4, -0.2) is 40.1 Å². The number of amides is 1. The molecule has 194 valence electrons. The van der Waals surface area contributed by atoms with Crippen LogP contribution >= 0.6 is 0 Å². The third-order valence-electron chi connectivity index (χ3n) is 7.45. The Morgan fingerprint density at radius 1 is 0.769 bits per heavy atom. The van der Waals surface area contributed by atoms with Gasteiger partial charge in [0.1, 0.15) is 0 Å². The number of anilines is 1. The summed E-state index contributed by atoms with van der Waals surface area (Å²) in [7, 11) is 0. The molecule has 0 aliphatic carbocycles. The van der Waals surface area contributed by atoms with Gasteiger partial charge < -0.3 is 19.5 Å². The van der Waals surface area contributed by atoms with Crippen molar-refractivity contribution >= 4 is 22.4 Å². The molecule has 6 nitrogen and oxygen atoms in total. The highest BCUT2D eigenvalue weighted by Crippen LogP contribution is 2.31. The lowest BCUT2D eigenvalue weighted by Crippen LogP contribution is -2.37. The van der Waals surface area contributed by atoms with E-state index in [1.54, 1.807) is 12.3 Å². The molecule has 1 amide bonds. The summed E-state index contributed by atoms with van der Waals surface area (Å²) < 4.78 is 1.53. The van der Waals surface area contributed by atoms with E-state index in [9.17, 15) is 14.7 Å². The topological polar surface area (TPSA) is 65.8 Å². The van der Waals surface area contributed by atoms with E-state index in [2.05, 4.69) is 35.2 Å². The first-order valence-corrected chi connectivity index (χ1v) is 13.2. The molecule has 0 saturated heterocycles. The van der Waals surface area contributed by atoms with Crippen LogP contribution in [0, 0.1) is 0 Å². The summed E-state index contributed by atoms with van der Waals surface area (Å²) in [6.45, 7) is 2.65. The number of aromatic nitrogens is 1. The lowest BCUT2D eigenvalue weighted by molar-refractivity contribution is 0.0753. The van der Waals surface area contributed by atoms with Crippen LogP contribution < -0.4 is 10.5 Å². The number of carbonyl (C=O) groups is 1. The first-order chi connectivity index (χ1) is 19.1. The van der Waals surface area contributed by atoms with Crippen molar-refractivity contribution in [2.24, 2.45) is 0 Å². The van der Waals surface area contributed by atoms with E-state index in [1.165, 1.54) is 10.6 Å². The van der Waals surface area contributed by atoms with Crippen LogP contribution in [-0.2, 0) is 13.1 Å². The van der Waals surface area contributed by atoms with Crippen molar-refractivity contribution in [2.75, 3.05) is 24.5 Å². The second-order valence-corrected chi connectivity index (χ2v) is 9.84. The van der Waals surface area contributed by atoms with Crippen LogP contribution in [0.4, 0.5) is 5.69 Å². The number of nitrogens with zero attached hydrogens (tertiary/aromatic N) is 3. The molecule has 0 radical (unpaired) electrons. The van der Waals surface area contributed by atoms with Gasteiger partial charge in [-0.3, -0.25) is 9.59 Å². The Labute approximate surface area is 227 Å². The van der Waals surface area contributed by atoms with Gasteiger partial charge in [-0.25, -0.2) is 0 Å². The van der Waals surface area contributed by atoms with E-state index in [0.717, 1.165) is 33.2 Å². The van der Waals surface area contributed by atoms with Crippen LogP contribution in [0.2, 0.25) is 0 Å². The second kappa shape index (κ2) is 10.5. The van der Waals surface area contributed by atoms with E-state index in [4.69, 9.17) is 0 Å². The van der Waals surface area contributed by atoms with Crippen molar-refractivity contribution in [3.8, 4) is 16.9 Å². The van der Waals surface area contributed by atoms with Gasteiger partial charge in [-0.15, -0.1) is 0 Å². The smallest absolute Gasteiger partial charge is 0.292 e. The maximum absolute atomic E-state index is 13.9. The molecule has 0 unspecified atom stereocenters. The number of pyridine rings is 1. The summed E-state index contributed by atoms with van der Waals surface area (Å²) in [6.07, 6.45) is 1.69. The molecule has 1 aromatic heterocycles. The fourth-order valence-electron chi connectivity index (χ4n) is 5.39. The second-order valence-electron chi connectivity index (χ2n) is 9.84. The van der Waals surface area contributed by atoms with Gasteiger partial charge in [0, 0.05) is 50.2 Å². The lowest BCUT2D eigenvalue weighted by Gasteiger charge is -2.25. The largest absolute Gasteiger partial charge is 0.503 e. The summed E-state index contributed by atoms with van der Waals surface area (Å²) in [4.78, 5) is 30.5. The first kappa shape index (κ1) is 24.5. The molecule has 0 atom stereocenters. The highest BCUT2D eigenvalue weighted by molar-refractivity contribution is 6.07. The molecule has 0 spiro atoms. The van der Waals surface area contributed by atoms with Crippen molar-refractivity contribution in [1.82, 2.24) is 9.47 Å². The standard InChI is InChI=1S/C33H29N3O3/c37-31-14-7-17-35(33(31)39)20-18-34-19-21-36(32(38)29-13-6-11-25-10-4-5-12-28(25)29)23-27-22-26(15-16-30(27)34)24-8-2-1-3-9-24/h1-17,22,37H,18-21,23H2. The van der Waals surface area contributed by atoms with Crippen LogP contribution in [0.25, 0.3) is 21.9 Å². The maximum atomic E-state index is 13.9. The molecule has 0 bridgehead atoms. The van der Waals surface area contributed by atoms with E-state index >= 15 is 0 Å². The Balaban J connectivity index is 1.35. The molecule has 6 heteroatoms. The minimum atomic E-state index is -0.403. The summed E-state index contributed by atoms with van der Waals surface area (Å²) in [5.74, 6) is -0.248. The molecular weight excluding hydrogens is 486 g/mol. The molecule has 1 aliphatic rings. The van der Waals surface area contributed by atoms with Crippen molar-refractivity contribution in [2.45, 2.75) is 13.1 Å². The number of benzene rings is 4. The quantitative estimate of drug-likeness (QED) is 0.334. The van der Waals surface area contributed by atoms with Gasteiger partial charge in [0.05, 0.1) is 0 Å². The zero-order chi connectivity index (χ0) is 26.8. The van der Waals surface area contributed by atoms with Crippen molar-refractivity contribution < 1.29 is 9.90 Å². The van der Waals surface area contributed by atoms with Crippen LogP contribution in [0.1, 0.15) is 15.9 Å². The normalized spacial score (nSPS) is 13.2. The summed E-state index contributed by atoms with van der Waals surface area (Å²) >= 11 is 0. The molecule has 0 saturated carbocycles. The molecule has 6 rings (SSSR count). The number of carbonyl (C=O) groups excluding carboxylic acids is 1. The highest BCUT2D eigenvalue weighted by atomic mass is 16.3. The third-order valence-corrected chi connectivity index (χ3v) is 7.45. The Bertz CT molecular complexity index is 1710. The average molecular weight is 516 g/mol. The van der Waals surface area contributed by atoms with Gasteiger partial charge in [-0.2, -0.15) is 0 Å². The molecule has 4 aromatic carbocycles. The summed E-state index contributed by atoms with van der Waals surface area (Å²) in [5, 5.41) is 11.9. The molecule has 2 heterocycles. The van der Waals surface area contributed by atoms with E-state index in [1.807, 2.05) is 65.6 Å². The molecule has 0 fully saturated rings. The van der Waals surface area contributed by atoms with Crippen molar-refractivity contribution in [1.29, 1.82) is 0 Å². The zero-order valence-electron chi connectivity index (χ0n) is 21.5. The monoisotopic (exact) mass is 515 g/mol. The fraction of sp³-hybridized carbons (Fsp3) is 0.152. The molecule has 1 N–H and O–H groups in total. The van der Waals surface area contributed by atoms with Gasteiger partial charge in [0.2, 0.25) is 0 Å². The Hall–Kier alpha value is -4.84. The highest BCUT2D eigenvalue weighted by Gasteiger charge is 2.25. The van der Waals surface area contributed by atoms with Crippen LogP contribution in [0.3, 0.4) is 0 Å². The molecule has 39 heavy (non-hydrogen) atoms. The van der Waals surface area contributed by atoms with Gasteiger partial charge in [-0.05, 0) is 57.8 Å². The molecule has 1 aliphatic heterocycles. The predicted octanol–water partition coefficient (Wildman–Crippen LogP) is 5.54. The maximum Gasteiger partial charge on any atom is 0.292 e. The number of fused-ring (bicyclic) bond motifs is 2. The minimum Gasteiger partial charge on any atom is -0.503 e. The Kier molecular flexibility index (Phi) is 6.59. The number of hydrogen-bond donors (Lipinski definition) is 1.